The van der Waals surface area contributed by atoms with Crippen molar-refractivity contribution in [3.05, 3.63) is 53.1 Å². The lowest BCUT2D eigenvalue weighted by Gasteiger charge is -2.13. The molecule has 1 N–H and O–H groups in total. The number of nitrogens with one attached hydrogen (secondary N) is 1. The highest BCUT2D eigenvalue weighted by atomic mass is 16.5. The van der Waals surface area contributed by atoms with Crippen molar-refractivity contribution < 1.29 is 14.3 Å². The third-order valence-corrected chi connectivity index (χ3v) is 3.62. The fourth-order valence-corrected chi connectivity index (χ4v) is 2.48. The van der Waals surface area contributed by atoms with Crippen LogP contribution >= 0.6 is 0 Å². The zero-order valence-electron chi connectivity index (χ0n) is 12.8. The molecule has 0 spiro atoms. The average molecular weight is 297 g/mol. The van der Waals surface area contributed by atoms with Gasteiger partial charge in [0.25, 0.3) is 5.91 Å². The fourth-order valence-electron chi connectivity index (χ4n) is 2.48. The number of anilines is 1. The lowest BCUT2D eigenvalue weighted by Crippen LogP contribution is -2.14. The monoisotopic (exact) mass is 297 g/mol. The highest BCUT2D eigenvalue weighted by Crippen LogP contribution is 2.33. The summed E-state index contributed by atoms with van der Waals surface area (Å²) in [5.41, 5.74) is 3.37. The molecule has 0 unspecified atom stereocenters. The molecule has 2 aromatic carbocycles. The molecule has 2 aromatic rings. The van der Waals surface area contributed by atoms with Crippen LogP contribution in [-0.4, -0.2) is 19.1 Å². The van der Waals surface area contributed by atoms with Gasteiger partial charge in [0.1, 0.15) is 0 Å². The summed E-state index contributed by atoms with van der Waals surface area (Å²) in [5.74, 6) is 1.21. The molecule has 114 valence electrons. The molecule has 3 rings (SSSR count). The Bertz CT molecular complexity index is 709. The van der Waals surface area contributed by atoms with Gasteiger partial charge in [0.05, 0.1) is 13.2 Å². The number of aryl methyl sites for hydroxylation is 2. The Kier molecular flexibility index (Phi) is 4.00. The Morgan fingerprint density at radius 3 is 2.50 bits per heavy atom. The maximum atomic E-state index is 12.5. The molecule has 0 fully saturated rings. The summed E-state index contributed by atoms with van der Waals surface area (Å²) < 4.78 is 11.3. The first kappa shape index (κ1) is 14.4. The van der Waals surface area contributed by atoms with Crippen LogP contribution in [-0.2, 0) is 0 Å². The second kappa shape index (κ2) is 6.10. The van der Waals surface area contributed by atoms with Gasteiger partial charge in [-0.15, -0.1) is 0 Å². The molecule has 0 radical (unpaired) electrons. The molecule has 0 atom stereocenters. The van der Waals surface area contributed by atoms with Crippen LogP contribution in [0.2, 0.25) is 0 Å². The third kappa shape index (κ3) is 3.06. The van der Waals surface area contributed by atoms with Gasteiger partial charge in [-0.3, -0.25) is 4.79 Å². The maximum absolute atomic E-state index is 12.5. The van der Waals surface area contributed by atoms with Crippen molar-refractivity contribution >= 4 is 11.6 Å². The Morgan fingerprint density at radius 1 is 1.05 bits per heavy atom. The highest BCUT2D eigenvalue weighted by molar-refractivity contribution is 6.05. The first-order valence-corrected chi connectivity index (χ1v) is 7.42. The Morgan fingerprint density at radius 2 is 1.77 bits per heavy atom. The summed E-state index contributed by atoms with van der Waals surface area (Å²) in [7, 11) is 0. The van der Waals surface area contributed by atoms with Crippen molar-refractivity contribution in [2.75, 3.05) is 18.5 Å². The highest BCUT2D eigenvalue weighted by Gasteiger charge is 2.17. The van der Waals surface area contributed by atoms with Gasteiger partial charge in [0.15, 0.2) is 11.5 Å². The first-order chi connectivity index (χ1) is 10.6. The van der Waals surface area contributed by atoms with Crippen LogP contribution in [0.1, 0.15) is 27.9 Å². The molecule has 1 aliphatic heterocycles. The SMILES string of the molecule is Cc1cccc(NC(=O)c2cc3c(cc2C)OCCCO3)c1. The summed E-state index contributed by atoms with van der Waals surface area (Å²) in [6.07, 6.45) is 0.846. The largest absolute Gasteiger partial charge is 0.490 e. The van der Waals surface area contributed by atoms with E-state index in [0.29, 0.717) is 30.3 Å². The Labute approximate surface area is 130 Å². The molecule has 0 bridgehead atoms. The number of benzene rings is 2. The van der Waals surface area contributed by atoms with Gasteiger partial charge in [-0.25, -0.2) is 0 Å². The van der Waals surface area contributed by atoms with Crippen molar-refractivity contribution in [3.63, 3.8) is 0 Å². The van der Waals surface area contributed by atoms with E-state index in [2.05, 4.69) is 5.32 Å². The zero-order chi connectivity index (χ0) is 15.5. The molecular weight excluding hydrogens is 278 g/mol. The van der Waals surface area contributed by atoms with Gasteiger partial charge in [0.2, 0.25) is 0 Å². The minimum absolute atomic E-state index is 0.140. The van der Waals surface area contributed by atoms with Crippen LogP contribution in [0.25, 0.3) is 0 Å². The van der Waals surface area contributed by atoms with E-state index >= 15 is 0 Å². The van der Waals surface area contributed by atoms with Crippen LogP contribution in [0.5, 0.6) is 11.5 Å². The molecule has 0 aromatic heterocycles. The van der Waals surface area contributed by atoms with E-state index in [-0.39, 0.29) is 5.91 Å². The predicted octanol–water partition coefficient (Wildman–Crippen LogP) is 3.72. The minimum atomic E-state index is -0.140. The quantitative estimate of drug-likeness (QED) is 0.919. The molecule has 1 aliphatic rings. The van der Waals surface area contributed by atoms with Crippen LogP contribution < -0.4 is 14.8 Å². The minimum Gasteiger partial charge on any atom is -0.490 e. The Hall–Kier alpha value is -2.49. The number of ether oxygens (including phenoxy) is 2. The molecule has 4 nitrogen and oxygen atoms in total. The third-order valence-electron chi connectivity index (χ3n) is 3.62. The summed E-state index contributed by atoms with van der Waals surface area (Å²) in [5, 5.41) is 2.93. The van der Waals surface area contributed by atoms with Gasteiger partial charge in [-0.05, 0) is 49.2 Å². The fraction of sp³-hybridized carbons (Fsp3) is 0.278. The van der Waals surface area contributed by atoms with Crippen LogP contribution in [0.3, 0.4) is 0 Å². The summed E-state index contributed by atoms with van der Waals surface area (Å²) in [4.78, 5) is 12.5. The summed E-state index contributed by atoms with van der Waals surface area (Å²) in [6.45, 7) is 5.14. The van der Waals surface area contributed by atoms with E-state index < -0.39 is 0 Å². The first-order valence-electron chi connectivity index (χ1n) is 7.42. The molecule has 4 heteroatoms. The number of fused-ring (bicyclic) bond motifs is 1. The maximum Gasteiger partial charge on any atom is 0.256 e. The molecule has 1 amide bonds. The van der Waals surface area contributed by atoms with E-state index in [1.54, 1.807) is 6.07 Å². The molecular formula is C18H19NO3. The normalized spacial score (nSPS) is 13.4. The van der Waals surface area contributed by atoms with E-state index in [1.165, 1.54) is 0 Å². The van der Waals surface area contributed by atoms with Crippen LogP contribution in [0, 0.1) is 13.8 Å². The number of hydrogen-bond acceptors (Lipinski definition) is 3. The lowest BCUT2D eigenvalue weighted by atomic mass is 10.1. The molecule has 0 saturated carbocycles. The lowest BCUT2D eigenvalue weighted by molar-refractivity contribution is 0.102. The number of amides is 1. The summed E-state index contributed by atoms with van der Waals surface area (Å²) in [6, 6.07) is 11.4. The van der Waals surface area contributed by atoms with E-state index in [1.807, 2.05) is 44.2 Å². The molecule has 0 aliphatic carbocycles. The molecule has 1 heterocycles. The van der Waals surface area contributed by atoms with E-state index in [4.69, 9.17) is 9.47 Å². The van der Waals surface area contributed by atoms with Crippen LogP contribution in [0.15, 0.2) is 36.4 Å². The number of carbonyl (C=O) groups excluding carboxylic acids is 1. The summed E-state index contributed by atoms with van der Waals surface area (Å²) >= 11 is 0. The van der Waals surface area contributed by atoms with Crippen LogP contribution in [0.4, 0.5) is 5.69 Å². The van der Waals surface area contributed by atoms with Gasteiger partial charge < -0.3 is 14.8 Å². The van der Waals surface area contributed by atoms with Gasteiger partial charge in [-0.1, -0.05) is 12.1 Å². The number of rotatable bonds is 2. The average Bonchev–Trinajstić information content (AvgIpc) is 2.71. The Balaban J connectivity index is 1.87. The standard InChI is InChI=1S/C18H19NO3/c1-12-5-3-6-14(9-12)19-18(20)15-11-17-16(10-13(15)2)21-7-4-8-22-17/h3,5-6,9-11H,4,7-8H2,1-2H3,(H,19,20). The van der Waals surface area contributed by atoms with E-state index in [0.717, 1.165) is 23.2 Å². The smallest absolute Gasteiger partial charge is 0.256 e. The molecule has 22 heavy (non-hydrogen) atoms. The second-order valence-electron chi connectivity index (χ2n) is 5.49. The van der Waals surface area contributed by atoms with E-state index in [9.17, 15) is 4.79 Å². The predicted molar refractivity (Wildman–Crippen MR) is 85.9 cm³/mol. The van der Waals surface area contributed by atoms with Crippen molar-refractivity contribution in [1.82, 2.24) is 0 Å². The molecule has 0 saturated heterocycles. The van der Waals surface area contributed by atoms with Gasteiger partial charge in [0, 0.05) is 17.7 Å². The number of carbonyl (C=O) groups is 1. The van der Waals surface area contributed by atoms with Crippen molar-refractivity contribution in [2.45, 2.75) is 20.3 Å². The zero-order valence-corrected chi connectivity index (χ0v) is 12.8. The number of hydrogen-bond donors (Lipinski definition) is 1. The van der Waals surface area contributed by atoms with Gasteiger partial charge in [-0.2, -0.15) is 0 Å². The second-order valence-corrected chi connectivity index (χ2v) is 5.49. The van der Waals surface area contributed by atoms with Crippen molar-refractivity contribution in [2.24, 2.45) is 0 Å². The van der Waals surface area contributed by atoms with Crippen molar-refractivity contribution in [1.29, 1.82) is 0 Å². The van der Waals surface area contributed by atoms with Crippen molar-refractivity contribution in [3.8, 4) is 11.5 Å². The van der Waals surface area contributed by atoms with Gasteiger partial charge >= 0.3 is 0 Å². The topological polar surface area (TPSA) is 47.6 Å².